The topological polar surface area (TPSA) is 112 Å². The van der Waals surface area contributed by atoms with E-state index in [1.165, 1.54) is 11.4 Å². The van der Waals surface area contributed by atoms with Crippen molar-refractivity contribution in [2.24, 2.45) is 0 Å². The second kappa shape index (κ2) is 9.88. The van der Waals surface area contributed by atoms with Crippen molar-refractivity contribution in [1.82, 2.24) is 24.8 Å². The first kappa shape index (κ1) is 23.8. The smallest absolute Gasteiger partial charge is 0.321 e. The van der Waals surface area contributed by atoms with Crippen molar-refractivity contribution in [1.29, 1.82) is 0 Å². The highest BCUT2D eigenvalue weighted by atomic mass is 32.2. The van der Waals surface area contributed by atoms with Gasteiger partial charge in [0.15, 0.2) is 0 Å². The van der Waals surface area contributed by atoms with Gasteiger partial charge in [-0.2, -0.15) is 4.31 Å². The SMILES string of the molecule is CNC(=O)NC(=O)C(c1ccccc1)N1CCN(S(=O)(=O)c2cccc3cc(C)cnc23)CC1. The van der Waals surface area contributed by atoms with E-state index in [0.717, 1.165) is 16.5 Å². The number of hydrogen-bond acceptors (Lipinski definition) is 6. The van der Waals surface area contributed by atoms with E-state index in [2.05, 4.69) is 15.6 Å². The van der Waals surface area contributed by atoms with E-state index in [0.29, 0.717) is 18.6 Å². The molecule has 1 aromatic heterocycles. The number of urea groups is 1. The fraction of sp³-hybridized carbons (Fsp3) is 0.292. The van der Waals surface area contributed by atoms with Gasteiger partial charge in [0.1, 0.15) is 10.9 Å². The molecule has 0 saturated carbocycles. The molecule has 178 valence electrons. The van der Waals surface area contributed by atoms with Gasteiger partial charge in [-0.1, -0.05) is 42.5 Å². The van der Waals surface area contributed by atoms with Crippen molar-refractivity contribution < 1.29 is 18.0 Å². The zero-order valence-corrected chi connectivity index (χ0v) is 19.9. The van der Waals surface area contributed by atoms with Gasteiger partial charge in [0.05, 0.1) is 5.52 Å². The van der Waals surface area contributed by atoms with Crippen molar-refractivity contribution >= 4 is 32.9 Å². The van der Waals surface area contributed by atoms with Crippen molar-refractivity contribution in [3.8, 4) is 0 Å². The van der Waals surface area contributed by atoms with Gasteiger partial charge in [0.25, 0.3) is 0 Å². The number of piperazine rings is 1. The zero-order chi connectivity index (χ0) is 24.3. The normalized spacial score (nSPS) is 16.2. The van der Waals surface area contributed by atoms with Crippen LogP contribution in [0.1, 0.15) is 17.2 Å². The summed E-state index contributed by atoms with van der Waals surface area (Å²) in [5.74, 6) is -0.463. The predicted octanol–water partition coefficient (Wildman–Crippen LogP) is 2.05. The van der Waals surface area contributed by atoms with Crippen LogP contribution in [-0.2, 0) is 14.8 Å². The number of fused-ring (bicyclic) bond motifs is 1. The molecule has 1 aliphatic heterocycles. The lowest BCUT2D eigenvalue weighted by Crippen LogP contribution is -2.53. The third-order valence-corrected chi connectivity index (χ3v) is 7.82. The Balaban J connectivity index is 1.56. The van der Waals surface area contributed by atoms with E-state index in [9.17, 15) is 18.0 Å². The van der Waals surface area contributed by atoms with Crippen molar-refractivity contribution in [3.63, 3.8) is 0 Å². The first-order valence-corrected chi connectivity index (χ1v) is 12.4. The largest absolute Gasteiger partial charge is 0.341 e. The minimum Gasteiger partial charge on any atom is -0.341 e. The molecule has 1 aliphatic rings. The first-order chi connectivity index (χ1) is 16.3. The number of aromatic nitrogens is 1. The standard InChI is InChI=1S/C24H27N5O4S/c1-17-15-19-9-6-10-20(21(19)26-16-17)34(32,33)29-13-11-28(12-14-29)22(18-7-4-3-5-8-18)23(30)27-24(31)25-2/h3-10,15-16,22H,11-14H2,1-2H3,(H2,25,27,30,31). The lowest BCUT2D eigenvalue weighted by Gasteiger charge is -2.38. The summed E-state index contributed by atoms with van der Waals surface area (Å²) >= 11 is 0. The molecule has 0 radical (unpaired) electrons. The second-order valence-corrected chi connectivity index (χ2v) is 10.1. The minimum absolute atomic E-state index is 0.176. The van der Waals surface area contributed by atoms with Crippen LogP contribution in [-0.4, -0.2) is 67.8 Å². The molecule has 1 atom stereocenters. The van der Waals surface area contributed by atoms with Gasteiger partial charge in [0, 0.05) is 44.8 Å². The highest BCUT2D eigenvalue weighted by Gasteiger charge is 2.35. The van der Waals surface area contributed by atoms with Crippen LogP contribution in [0.15, 0.2) is 65.7 Å². The number of carbonyl (C=O) groups is 2. The molecule has 2 heterocycles. The van der Waals surface area contributed by atoms with E-state index in [4.69, 9.17) is 0 Å². The zero-order valence-electron chi connectivity index (χ0n) is 19.1. The fourth-order valence-electron chi connectivity index (χ4n) is 4.20. The number of hydrogen-bond donors (Lipinski definition) is 2. The molecule has 1 fully saturated rings. The number of aryl methyl sites for hydroxylation is 1. The highest BCUT2D eigenvalue weighted by Crippen LogP contribution is 2.28. The van der Waals surface area contributed by atoms with Gasteiger partial charge in [0.2, 0.25) is 15.9 Å². The molecule has 9 nitrogen and oxygen atoms in total. The number of rotatable bonds is 5. The number of amides is 3. The van der Waals surface area contributed by atoms with Gasteiger partial charge >= 0.3 is 6.03 Å². The highest BCUT2D eigenvalue weighted by molar-refractivity contribution is 7.89. The molecule has 0 spiro atoms. The van der Waals surface area contributed by atoms with Crippen molar-refractivity contribution in [2.75, 3.05) is 33.2 Å². The summed E-state index contributed by atoms with van der Waals surface area (Å²) in [4.78, 5) is 31.1. The number of benzene rings is 2. The Kier molecular flexibility index (Phi) is 6.92. The summed E-state index contributed by atoms with van der Waals surface area (Å²) in [6.07, 6.45) is 1.66. The van der Waals surface area contributed by atoms with Crippen LogP contribution in [0.2, 0.25) is 0 Å². The van der Waals surface area contributed by atoms with Crippen LogP contribution in [0.3, 0.4) is 0 Å². The summed E-state index contributed by atoms with van der Waals surface area (Å²) < 4.78 is 28.4. The summed E-state index contributed by atoms with van der Waals surface area (Å²) in [7, 11) is -2.34. The van der Waals surface area contributed by atoms with E-state index in [1.54, 1.807) is 18.3 Å². The van der Waals surface area contributed by atoms with E-state index in [-0.39, 0.29) is 18.0 Å². The number of carbonyl (C=O) groups excluding carboxylic acids is 2. The molecule has 2 aromatic carbocycles. The Morgan fingerprint density at radius 2 is 1.71 bits per heavy atom. The van der Waals surface area contributed by atoms with Gasteiger partial charge in [-0.15, -0.1) is 0 Å². The number of sulfonamides is 1. The van der Waals surface area contributed by atoms with Crippen molar-refractivity contribution in [3.05, 3.63) is 71.9 Å². The molecule has 2 N–H and O–H groups in total. The average Bonchev–Trinajstić information content (AvgIpc) is 2.84. The molecule has 0 bridgehead atoms. The molecule has 1 unspecified atom stereocenters. The first-order valence-electron chi connectivity index (χ1n) is 11.0. The summed E-state index contributed by atoms with van der Waals surface area (Å²) in [5.41, 5.74) is 2.13. The molecule has 4 rings (SSSR count). The van der Waals surface area contributed by atoms with Gasteiger partial charge in [-0.25, -0.2) is 13.2 Å². The number of nitrogens with one attached hydrogen (secondary N) is 2. The lowest BCUT2D eigenvalue weighted by molar-refractivity contribution is -0.126. The fourth-order valence-corrected chi connectivity index (χ4v) is 5.79. The lowest BCUT2D eigenvalue weighted by atomic mass is 10.0. The molecule has 3 aromatic rings. The van der Waals surface area contributed by atoms with Crippen LogP contribution >= 0.6 is 0 Å². The monoisotopic (exact) mass is 481 g/mol. The Hall–Kier alpha value is -3.34. The summed E-state index contributed by atoms with van der Waals surface area (Å²) in [6, 6.07) is 14.9. The maximum Gasteiger partial charge on any atom is 0.321 e. The Bertz CT molecular complexity index is 1310. The molecule has 0 aliphatic carbocycles. The van der Waals surface area contributed by atoms with E-state index >= 15 is 0 Å². The van der Waals surface area contributed by atoms with E-state index in [1.807, 2.05) is 54.3 Å². The Labute approximate surface area is 198 Å². The molecule has 34 heavy (non-hydrogen) atoms. The second-order valence-electron chi connectivity index (χ2n) is 8.16. The summed E-state index contributed by atoms with van der Waals surface area (Å²) in [6.45, 7) is 2.99. The summed E-state index contributed by atoms with van der Waals surface area (Å²) in [5, 5.41) is 5.50. The predicted molar refractivity (Wildman–Crippen MR) is 129 cm³/mol. The van der Waals surface area contributed by atoms with Crippen LogP contribution < -0.4 is 10.6 Å². The van der Waals surface area contributed by atoms with Crippen LogP contribution in [0.25, 0.3) is 10.9 Å². The number of imide groups is 1. The average molecular weight is 482 g/mol. The third-order valence-electron chi connectivity index (χ3n) is 5.89. The third kappa shape index (κ3) is 4.79. The van der Waals surface area contributed by atoms with E-state index < -0.39 is 28.0 Å². The maximum atomic E-state index is 13.5. The number of pyridine rings is 1. The number of para-hydroxylation sites is 1. The Morgan fingerprint density at radius 1 is 1.00 bits per heavy atom. The van der Waals surface area contributed by atoms with Gasteiger partial charge in [-0.05, 0) is 30.2 Å². The Morgan fingerprint density at radius 3 is 2.38 bits per heavy atom. The van der Waals surface area contributed by atoms with Crippen LogP contribution in [0.4, 0.5) is 4.79 Å². The quantitative estimate of drug-likeness (QED) is 0.577. The number of nitrogens with zero attached hydrogens (tertiary/aromatic N) is 3. The van der Waals surface area contributed by atoms with Crippen LogP contribution in [0, 0.1) is 6.92 Å². The van der Waals surface area contributed by atoms with Gasteiger partial charge in [-0.3, -0.25) is 20.0 Å². The molecular weight excluding hydrogens is 454 g/mol. The molecule has 1 saturated heterocycles. The van der Waals surface area contributed by atoms with Crippen molar-refractivity contribution in [2.45, 2.75) is 17.9 Å². The molecule has 10 heteroatoms. The maximum absolute atomic E-state index is 13.5. The van der Waals surface area contributed by atoms with Crippen LogP contribution in [0.5, 0.6) is 0 Å². The minimum atomic E-state index is -3.78. The van der Waals surface area contributed by atoms with Gasteiger partial charge < -0.3 is 5.32 Å². The molecular formula is C24H27N5O4S. The molecule has 3 amide bonds.